The van der Waals surface area contributed by atoms with Gasteiger partial charge in [-0.25, -0.2) is 0 Å². The van der Waals surface area contributed by atoms with Gasteiger partial charge in [-0.15, -0.1) is 0 Å². The molecule has 1 saturated heterocycles. The molecule has 8 nitrogen and oxygen atoms in total. The molecule has 32 heavy (non-hydrogen) atoms. The number of rotatable bonds is 5. The van der Waals surface area contributed by atoms with E-state index in [1.54, 1.807) is 0 Å². The van der Waals surface area contributed by atoms with Gasteiger partial charge < -0.3 is 20.2 Å². The monoisotopic (exact) mass is 449 g/mol. The molecule has 1 fully saturated rings. The minimum atomic E-state index is -0.909. The second-order valence-corrected chi connectivity index (χ2v) is 10.7. The molecule has 0 atom stereocenters. The average Bonchev–Trinajstić information content (AvgIpc) is 2.71. The topological polar surface area (TPSA) is 105 Å². The van der Waals surface area contributed by atoms with E-state index in [-0.39, 0.29) is 29.7 Å². The van der Waals surface area contributed by atoms with Gasteiger partial charge in [0.25, 0.3) is 0 Å². The molecule has 180 valence electrons. The Labute approximate surface area is 191 Å². The van der Waals surface area contributed by atoms with Crippen LogP contribution in [-0.4, -0.2) is 89.4 Å². The van der Waals surface area contributed by atoms with Crippen LogP contribution in [0.25, 0.3) is 0 Å². The predicted octanol–water partition coefficient (Wildman–Crippen LogP) is 2.58. The van der Waals surface area contributed by atoms with E-state index in [4.69, 9.17) is 0 Å². The molecule has 1 heterocycles. The van der Waals surface area contributed by atoms with E-state index in [0.717, 1.165) is 16.8 Å². The van der Waals surface area contributed by atoms with Crippen molar-refractivity contribution in [2.75, 3.05) is 57.3 Å². The van der Waals surface area contributed by atoms with E-state index in [2.05, 4.69) is 52.5 Å². The van der Waals surface area contributed by atoms with Gasteiger partial charge in [-0.2, -0.15) is 0 Å². The van der Waals surface area contributed by atoms with Gasteiger partial charge in [0.05, 0.1) is 18.8 Å². The molecule has 1 aliphatic rings. The maximum atomic E-state index is 11.3. The van der Waals surface area contributed by atoms with Crippen LogP contribution in [0.15, 0.2) is 12.1 Å². The minimum Gasteiger partial charge on any atom is -0.505 e. The molecule has 0 aromatic heterocycles. The lowest BCUT2D eigenvalue weighted by molar-refractivity contribution is -0.140. The van der Waals surface area contributed by atoms with E-state index in [0.29, 0.717) is 39.3 Å². The summed E-state index contributed by atoms with van der Waals surface area (Å²) in [5.41, 5.74) is 2.32. The van der Waals surface area contributed by atoms with Crippen LogP contribution < -0.4 is 4.90 Å². The lowest BCUT2D eigenvalue weighted by Crippen LogP contribution is -2.40. The number of aliphatic carboxylic acids is 2. The molecule has 0 unspecified atom stereocenters. The van der Waals surface area contributed by atoms with Crippen LogP contribution in [0.4, 0.5) is 5.69 Å². The molecule has 0 bridgehead atoms. The minimum absolute atomic E-state index is 0.101. The zero-order chi connectivity index (χ0) is 24.3. The molecule has 0 amide bonds. The van der Waals surface area contributed by atoms with Crippen LogP contribution in [0, 0.1) is 0 Å². The first-order chi connectivity index (χ1) is 14.7. The quantitative estimate of drug-likeness (QED) is 0.630. The number of hydrogen-bond acceptors (Lipinski definition) is 6. The maximum absolute atomic E-state index is 11.3. The number of anilines is 1. The fourth-order valence-electron chi connectivity index (χ4n) is 3.95. The number of carboxylic acids is 2. The highest BCUT2D eigenvalue weighted by Gasteiger charge is 2.28. The first-order valence-corrected chi connectivity index (χ1v) is 11.2. The van der Waals surface area contributed by atoms with Gasteiger partial charge in [0.1, 0.15) is 5.75 Å². The molecule has 1 aromatic carbocycles. The SMILES string of the molecule is CC(C)(C)c1cc(N2CCN(CC(=O)O)CCN(CC(=O)O)CC2)c(O)c(C(C)(C)C)c1. The van der Waals surface area contributed by atoms with Crippen LogP contribution in [-0.2, 0) is 20.4 Å². The predicted molar refractivity (Wildman–Crippen MR) is 126 cm³/mol. The summed E-state index contributed by atoms with van der Waals surface area (Å²) in [6.07, 6.45) is 0. The summed E-state index contributed by atoms with van der Waals surface area (Å²) in [5.74, 6) is -1.58. The largest absolute Gasteiger partial charge is 0.505 e. The molecule has 1 aromatic rings. The summed E-state index contributed by atoms with van der Waals surface area (Å²) in [4.78, 5) is 28.4. The highest BCUT2D eigenvalue weighted by Crippen LogP contribution is 2.41. The Kier molecular flexibility index (Phi) is 8.17. The summed E-state index contributed by atoms with van der Waals surface area (Å²) in [7, 11) is 0. The Balaban J connectivity index is 2.49. The van der Waals surface area contributed by atoms with Gasteiger partial charge in [-0.05, 0) is 22.5 Å². The number of carboxylic acid groups (broad SMARTS) is 2. The summed E-state index contributed by atoms with van der Waals surface area (Å²) >= 11 is 0. The van der Waals surface area contributed by atoms with Crippen LogP contribution in [0.2, 0.25) is 0 Å². The fourth-order valence-corrected chi connectivity index (χ4v) is 3.95. The zero-order valence-electron chi connectivity index (χ0n) is 20.3. The number of phenolic OH excluding ortho intramolecular Hbond substituents is 1. The van der Waals surface area contributed by atoms with Crippen LogP contribution in [0.1, 0.15) is 52.7 Å². The zero-order valence-corrected chi connectivity index (χ0v) is 20.3. The van der Waals surface area contributed by atoms with E-state index in [9.17, 15) is 24.9 Å². The molecule has 3 N–H and O–H groups in total. The molecule has 0 spiro atoms. The molecule has 0 aliphatic carbocycles. The number of benzene rings is 1. The Hall–Kier alpha value is -2.32. The highest BCUT2D eigenvalue weighted by molar-refractivity contribution is 5.70. The number of hydrogen-bond donors (Lipinski definition) is 3. The molecule has 2 rings (SSSR count). The van der Waals surface area contributed by atoms with Crippen molar-refractivity contribution < 1.29 is 24.9 Å². The van der Waals surface area contributed by atoms with Crippen LogP contribution in [0.5, 0.6) is 5.75 Å². The van der Waals surface area contributed by atoms with Gasteiger partial charge in [0.2, 0.25) is 0 Å². The van der Waals surface area contributed by atoms with E-state index < -0.39 is 11.9 Å². The number of phenols is 1. The third kappa shape index (κ3) is 7.10. The third-order valence-corrected chi connectivity index (χ3v) is 5.93. The van der Waals surface area contributed by atoms with Crippen LogP contribution >= 0.6 is 0 Å². The Morgan fingerprint density at radius 3 is 1.59 bits per heavy atom. The maximum Gasteiger partial charge on any atom is 0.317 e. The van der Waals surface area contributed by atoms with Crippen molar-refractivity contribution in [1.29, 1.82) is 0 Å². The van der Waals surface area contributed by atoms with E-state index in [1.165, 1.54) is 0 Å². The molecular weight excluding hydrogens is 410 g/mol. The molecule has 0 saturated carbocycles. The average molecular weight is 450 g/mol. The first-order valence-electron chi connectivity index (χ1n) is 11.2. The van der Waals surface area contributed by atoms with Gasteiger partial charge in [-0.3, -0.25) is 19.4 Å². The Morgan fingerprint density at radius 1 is 0.781 bits per heavy atom. The number of aromatic hydroxyl groups is 1. The molecule has 0 radical (unpaired) electrons. The van der Waals surface area contributed by atoms with Crippen molar-refractivity contribution in [3.05, 3.63) is 23.3 Å². The third-order valence-electron chi connectivity index (χ3n) is 5.93. The normalized spacial score (nSPS) is 17.5. The second-order valence-electron chi connectivity index (χ2n) is 10.7. The van der Waals surface area contributed by atoms with Crippen molar-refractivity contribution >= 4 is 17.6 Å². The van der Waals surface area contributed by atoms with Gasteiger partial charge in [-0.1, -0.05) is 47.6 Å². The summed E-state index contributed by atoms with van der Waals surface area (Å²) in [5, 5.41) is 29.8. The van der Waals surface area contributed by atoms with Crippen molar-refractivity contribution in [3.63, 3.8) is 0 Å². The summed E-state index contributed by atoms with van der Waals surface area (Å²) in [6.45, 7) is 15.5. The highest BCUT2D eigenvalue weighted by atomic mass is 16.4. The lowest BCUT2D eigenvalue weighted by Gasteiger charge is -2.33. The molecule has 8 heteroatoms. The van der Waals surface area contributed by atoms with Crippen molar-refractivity contribution in [2.45, 2.75) is 52.4 Å². The van der Waals surface area contributed by atoms with Crippen LogP contribution in [0.3, 0.4) is 0 Å². The van der Waals surface area contributed by atoms with E-state index in [1.807, 2.05) is 15.9 Å². The molecular formula is C24H39N3O5. The van der Waals surface area contributed by atoms with Gasteiger partial charge in [0.15, 0.2) is 0 Å². The standard InChI is InChI=1S/C24H39N3O5/c1-23(2,3)17-13-18(24(4,5)6)22(32)19(14-17)27-11-9-25(15-20(28)29)7-8-26(10-12-27)16-21(30)31/h13-14,32H,7-12,15-16H2,1-6H3,(H,28,29)(H,30,31). The summed E-state index contributed by atoms with van der Waals surface area (Å²) in [6, 6.07) is 4.09. The number of nitrogens with zero attached hydrogens (tertiary/aromatic N) is 3. The van der Waals surface area contributed by atoms with Crippen molar-refractivity contribution in [3.8, 4) is 5.75 Å². The lowest BCUT2D eigenvalue weighted by atomic mass is 9.79. The second kappa shape index (κ2) is 10.1. The summed E-state index contributed by atoms with van der Waals surface area (Å²) < 4.78 is 0. The smallest absolute Gasteiger partial charge is 0.317 e. The van der Waals surface area contributed by atoms with Crippen molar-refractivity contribution in [1.82, 2.24) is 9.80 Å². The Morgan fingerprint density at radius 2 is 1.22 bits per heavy atom. The Bertz CT molecular complexity index is 798. The number of carbonyl (C=O) groups is 2. The first kappa shape index (κ1) is 25.9. The van der Waals surface area contributed by atoms with Gasteiger partial charge >= 0.3 is 11.9 Å². The van der Waals surface area contributed by atoms with E-state index >= 15 is 0 Å². The van der Waals surface area contributed by atoms with Crippen molar-refractivity contribution in [2.24, 2.45) is 0 Å². The molecule has 1 aliphatic heterocycles. The fraction of sp³-hybridized carbons (Fsp3) is 0.667. The van der Waals surface area contributed by atoms with Gasteiger partial charge in [0, 0.05) is 44.8 Å².